The number of esters is 1. The number of sulfonamides is 1. The Bertz CT molecular complexity index is 1050. The van der Waals surface area contributed by atoms with E-state index in [1.54, 1.807) is 31.3 Å². The average Bonchev–Trinajstić information content (AvgIpc) is 2.79. The lowest BCUT2D eigenvalue weighted by molar-refractivity contribution is -0.126. The molecule has 166 valence electrons. The first-order valence-electron chi connectivity index (χ1n) is 10.0. The molecule has 0 spiro atoms. The van der Waals surface area contributed by atoms with Crippen molar-refractivity contribution in [3.8, 4) is 0 Å². The van der Waals surface area contributed by atoms with Crippen LogP contribution in [-0.2, 0) is 19.6 Å². The fourth-order valence-corrected chi connectivity index (χ4v) is 5.14. The maximum atomic E-state index is 12.9. The Labute approximate surface area is 187 Å². The maximum absolute atomic E-state index is 12.9. The summed E-state index contributed by atoms with van der Waals surface area (Å²) in [6.07, 6.45) is 1.51. The van der Waals surface area contributed by atoms with Crippen molar-refractivity contribution in [3.05, 3.63) is 59.1 Å². The number of hydrogen-bond donors (Lipinski definition) is 0. The van der Waals surface area contributed by atoms with Crippen molar-refractivity contribution in [2.75, 3.05) is 25.0 Å². The summed E-state index contributed by atoms with van der Waals surface area (Å²) in [4.78, 5) is 26.7. The Morgan fingerprint density at radius 2 is 1.71 bits per heavy atom. The predicted molar refractivity (Wildman–Crippen MR) is 119 cm³/mol. The summed E-state index contributed by atoms with van der Waals surface area (Å²) < 4.78 is 32.6. The number of rotatable bonds is 6. The van der Waals surface area contributed by atoms with Crippen LogP contribution >= 0.6 is 11.6 Å². The number of carbonyl (C=O) groups excluding carboxylic acids is 2. The fraction of sp³-hybridized carbons (Fsp3) is 0.364. The van der Waals surface area contributed by atoms with Crippen LogP contribution < -0.4 is 4.90 Å². The number of piperidine rings is 1. The third-order valence-electron chi connectivity index (χ3n) is 5.22. The van der Waals surface area contributed by atoms with E-state index in [0.29, 0.717) is 18.8 Å². The van der Waals surface area contributed by atoms with Gasteiger partial charge in [0.2, 0.25) is 10.0 Å². The number of para-hydroxylation sites is 1. The van der Waals surface area contributed by atoms with Gasteiger partial charge in [0.15, 0.2) is 6.10 Å². The summed E-state index contributed by atoms with van der Waals surface area (Å²) in [7, 11) is -2.15. The van der Waals surface area contributed by atoms with E-state index in [-0.39, 0.29) is 15.5 Å². The molecule has 9 heteroatoms. The number of carbonyl (C=O) groups is 2. The minimum atomic E-state index is -3.74. The second-order valence-electron chi connectivity index (χ2n) is 7.39. The topological polar surface area (TPSA) is 84.0 Å². The zero-order chi connectivity index (χ0) is 22.6. The highest BCUT2D eigenvalue weighted by molar-refractivity contribution is 7.89. The molecule has 1 aliphatic rings. The van der Waals surface area contributed by atoms with Crippen molar-refractivity contribution in [2.45, 2.75) is 37.2 Å². The fourth-order valence-electron chi connectivity index (χ4n) is 3.40. The average molecular weight is 465 g/mol. The Kier molecular flexibility index (Phi) is 7.35. The highest BCUT2D eigenvalue weighted by Gasteiger charge is 2.29. The number of halogens is 1. The van der Waals surface area contributed by atoms with Crippen molar-refractivity contribution in [1.29, 1.82) is 0 Å². The first-order valence-corrected chi connectivity index (χ1v) is 11.9. The Morgan fingerprint density at radius 3 is 2.35 bits per heavy atom. The molecule has 0 unspecified atom stereocenters. The van der Waals surface area contributed by atoms with Gasteiger partial charge in [-0.25, -0.2) is 13.2 Å². The van der Waals surface area contributed by atoms with Crippen LogP contribution in [0.2, 0.25) is 5.02 Å². The van der Waals surface area contributed by atoms with Gasteiger partial charge < -0.3 is 9.64 Å². The van der Waals surface area contributed by atoms with Crippen LogP contribution in [0.3, 0.4) is 0 Å². The number of likely N-dealkylation sites (N-methyl/N-ethyl adjacent to an activating group) is 1. The molecule has 0 aliphatic carbocycles. The van der Waals surface area contributed by atoms with Gasteiger partial charge in [0, 0.05) is 25.8 Å². The first kappa shape index (κ1) is 23.2. The number of hydrogen-bond acceptors (Lipinski definition) is 5. The van der Waals surface area contributed by atoms with Crippen molar-refractivity contribution in [1.82, 2.24) is 4.31 Å². The van der Waals surface area contributed by atoms with Crippen LogP contribution in [0.25, 0.3) is 0 Å². The molecule has 0 N–H and O–H groups in total. The molecule has 7 nitrogen and oxygen atoms in total. The molecule has 1 amide bonds. The van der Waals surface area contributed by atoms with Gasteiger partial charge in [0.1, 0.15) is 0 Å². The molecule has 31 heavy (non-hydrogen) atoms. The maximum Gasteiger partial charge on any atom is 0.340 e. The van der Waals surface area contributed by atoms with Crippen LogP contribution in [0.4, 0.5) is 5.69 Å². The number of benzene rings is 2. The molecule has 0 radical (unpaired) electrons. The summed E-state index contributed by atoms with van der Waals surface area (Å²) in [5.74, 6) is -1.28. The van der Waals surface area contributed by atoms with Crippen LogP contribution in [0.15, 0.2) is 53.4 Å². The summed E-state index contributed by atoms with van der Waals surface area (Å²) in [6.45, 7) is 2.35. The Morgan fingerprint density at radius 1 is 1.06 bits per heavy atom. The first-order chi connectivity index (χ1) is 14.7. The highest BCUT2D eigenvalue weighted by atomic mass is 35.5. The SMILES string of the molecule is C[C@@H](OC(=O)c1cc(S(=O)(=O)N2CCCCC2)ccc1Cl)C(=O)N(C)c1ccccc1. The van der Waals surface area contributed by atoms with E-state index in [1.807, 2.05) is 6.07 Å². The van der Waals surface area contributed by atoms with Gasteiger partial charge in [-0.3, -0.25) is 4.79 Å². The predicted octanol–water partition coefficient (Wildman–Crippen LogP) is 3.72. The number of amides is 1. The summed E-state index contributed by atoms with van der Waals surface area (Å²) in [5, 5.41) is 0.0543. The van der Waals surface area contributed by atoms with Crippen molar-refractivity contribution < 1.29 is 22.7 Å². The minimum Gasteiger partial charge on any atom is -0.449 e. The number of nitrogens with zero attached hydrogens (tertiary/aromatic N) is 2. The van der Waals surface area contributed by atoms with Crippen LogP contribution in [0, 0.1) is 0 Å². The quantitative estimate of drug-likeness (QED) is 0.608. The van der Waals surface area contributed by atoms with E-state index in [9.17, 15) is 18.0 Å². The van der Waals surface area contributed by atoms with E-state index in [4.69, 9.17) is 16.3 Å². The van der Waals surface area contributed by atoms with E-state index in [1.165, 1.54) is 34.3 Å². The molecule has 0 bridgehead atoms. The summed E-state index contributed by atoms with van der Waals surface area (Å²) >= 11 is 6.14. The third-order valence-corrected chi connectivity index (χ3v) is 7.44. The zero-order valence-electron chi connectivity index (χ0n) is 17.5. The Hall–Kier alpha value is -2.42. The van der Waals surface area contributed by atoms with Gasteiger partial charge in [-0.2, -0.15) is 4.31 Å². The van der Waals surface area contributed by atoms with Gasteiger partial charge in [-0.1, -0.05) is 36.2 Å². The molecule has 1 saturated heterocycles. The molecule has 2 aromatic rings. The second-order valence-corrected chi connectivity index (χ2v) is 9.73. The lowest BCUT2D eigenvalue weighted by atomic mass is 10.2. The van der Waals surface area contributed by atoms with Gasteiger partial charge in [0.05, 0.1) is 15.5 Å². The van der Waals surface area contributed by atoms with Crippen LogP contribution in [0.1, 0.15) is 36.5 Å². The van der Waals surface area contributed by atoms with E-state index in [2.05, 4.69) is 0 Å². The van der Waals surface area contributed by atoms with E-state index in [0.717, 1.165) is 19.3 Å². The summed E-state index contributed by atoms with van der Waals surface area (Å²) in [5.41, 5.74) is 0.560. The number of ether oxygens (including phenoxy) is 1. The summed E-state index contributed by atoms with van der Waals surface area (Å²) in [6, 6.07) is 12.9. The van der Waals surface area contributed by atoms with Crippen LogP contribution in [-0.4, -0.2) is 50.8 Å². The lowest BCUT2D eigenvalue weighted by Crippen LogP contribution is -2.37. The van der Waals surface area contributed by atoms with Gasteiger partial charge >= 0.3 is 5.97 Å². The molecule has 3 rings (SSSR count). The van der Waals surface area contributed by atoms with Crippen molar-refractivity contribution in [2.24, 2.45) is 0 Å². The van der Waals surface area contributed by atoms with Crippen molar-refractivity contribution in [3.63, 3.8) is 0 Å². The van der Waals surface area contributed by atoms with Crippen LogP contribution in [0.5, 0.6) is 0 Å². The minimum absolute atomic E-state index is 0.0221. The standard InChI is InChI=1S/C22H25ClN2O5S/c1-16(21(26)24(2)17-9-5-3-6-10-17)30-22(27)19-15-18(11-12-20(19)23)31(28,29)25-13-7-4-8-14-25/h3,5-6,9-12,15-16H,4,7-8,13-14H2,1-2H3/t16-/m1/s1. The largest absolute Gasteiger partial charge is 0.449 e. The van der Waals surface area contributed by atoms with Crippen molar-refractivity contribution >= 4 is 39.2 Å². The highest BCUT2D eigenvalue weighted by Crippen LogP contribution is 2.26. The smallest absolute Gasteiger partial charge is 0.340 e. The molecular formula is C22H25ClN2O5S. The zero-order valence-corrected chi connectivity index (χ0v) is 19.0. The normalized spacial score (nSPS) is 15.8. The van der Waals surface area contributed by atoms with Gasteiger partial charge in [0.25, 0.3) is 5.91 Å². The van der Waals surface area contributed by atoms with Gasteiger partial charge in [-0.15, -0.1) is 0 Å². The van der Waals surface area contributed by atoms with E-state index < -0.39 is 28.0 Å². The molecule has 2 aromatic carbocycles. The lowest BCUT2D eigenvalue weighted by Gasteiger charge is -2.26. The molecule has 1 heterocycles. The molecular weight excluding hydrogens is 440 g/mol. The van der Waals surface area contributed by atoms with E-state index >= 15 is 0 Å². The second kappa shape index (κ2) is 9.80. The van der Waals surface area contributed by atoms with Gasteiger partial charge in [-0.05, 0) is 50.1 Å². The molecule has 1 atom stereocenters. The molecule has 0 saturated carbocycles. The Balaban J connectivity index is 1.77. The third kappa shape index (κ3) is 5.26. The molecule has 1 fully saturated rings. The number of anilines is 1. The monoisotopic (exact) mass is 464 g/mol. The molecule has 0 aromatic heterocycles. The molecule has 1 aliphatic heterocycles.